The summed E-state index contributed by atoms with van der Waals surface area (Å²) in [6.07, 6.45) is 3.49. The van der Waals surface area contributed by atoms with E-state index in [0.717, 1.165) is 19.4 Å². The molecular formula is C12H13BrOS. The van der Waals surface area contributed by atoms with Crippen LogP contribution in [-0.2, 0) is 16.1 Å². The first-order chi connectivity index (χ1) is 7.30. The summed E-state index contributed by atoms with van der Waals surface area (Å²) in [6.45, 7) is 0.919. The van der Waals surface area contributed by atoms with Gasteiger partial charge in [-0.15, -0.1) is 11.8 Å². The second kappa shape index (κ2) is 3.79. The van der Waals surface area contributed by atoms with Crippen molar-refractivity contribution in [2.75, 3.05) is 12.4 Å². The predicted octanol–water partition coefficient (Wildman–Crippen LogP) is 3.70. The summed E-state index contributed by atoms with van der Waals surface area (Å²) in [5.74, 6) is 1.23. The van der Waals surface area contributed by atoms with Crippen LogP contribution in [0, 0.1) is 0 Å². The fourth-order valence-corrected chi connectivity index (χ4v) is 4.22. The second-order valence-electron chi connectivity index (χ2n) is 4.10. The number of thioether (sulfide) groups is 1. The zero-order valence-electron chi connectivity index (χ0n) is 8.46. The molecule has 1 nitrogen and oxygen atoms in total. The molecule has 0 bridgehead atoms. The Morgan fingerprint density at radius 2 is 2.33 bits per heavy atom. The van der Waals surface area contributed by atoms with Crippen LogP contribution in [0.5, 0.6) is 0 Å². The molecule has 0 aromatic heterocycles. The molecule has 15 heavy (non-hydrogen) atoms. The predicted molar refractivity (Wildman–Crippen MR) is 67.2 cm³/mol. The van der Waals surface area contributed by atoms with Crippen LogP contribution in [0.3, 0.4) is 0 Å². The van der Waals surface area contributed by atoms with Gasteiger partial charge in [0.25, 0.3) is 0 Å². The van der Waals surface area contributed by atoms with Crippen molar-refractivity contribution >= 4 is 27.7 Å². The fraction of sp³-hybridized carbons (Fsp3) is 0.500. The maximum atomic E-state index is 6.04. The van der Waals surface area contributed by atoms with Crippen molar-refractivity contribution in [3.8, 4) is 0 Å². The first-order valence-electron chi connectivity index (χ1n) is 5.37. The molecule has 1 aromatic carbocycles. The van der Waals surface area contributed by atoms with Crippen LogP contribution in [0.2, 0.25) is 0 Å². The van der Waals surface area contributed by atoms with E-state index in [1.807, 2.05) is 11.8 Å². The monoisotopic (exact) mass is 284 g/mol. The minimum absolute atomic E-state index is 0.00567. The SMILES string of the molecule is Brc1ccc2c(c1)CC[C@]21OCCCS1. The highest BCUT2D eigenvalue weighted by atomic mass is 79.9. The summed E-state index contributed by atoms with van der Waals surface area (Å²) in [6, 6.07) is 6.60. The minimum Gasteiger partial charge on any atom is -0.360 e. The number of rotatable bonds is 0. The number of hydrogen-bond donors (Lipinski definition) is 0. The van der Waals surface area contributed by atoms with Gasteiger partial charge in [0.15, 0.2) is 0 Å². The quantitative estimate of drug-likeness (QED) is 0.718. The molecule has 1 aromatic rings. The fourth-order valence-electron chi connectivity index (χ4n) is 2.45. The van der Waals surface area contributed by atoms with E-state index in [-0.39, 0.29) is 4.93 Å². The molecule has 0 saturated carbocycles. The van der Waals surface area contributed by atoms with Crippen molar-refractivity contribution in [2.24, 2.45) is 0 Å². The van der Waals surface area contributed by atoms with E-state index in [4.69, 9.17) is 4.74 Å². The molecule has 0 amide bonds. The van der Waals surface area contributed by atoms with Gasteiger partial charge in [-0.1, -0.05) is 22.0 Å². The van der Waals surface area contributed by atoms with Gasteiger partial charge in [0.2, 0.25) is 0 Å². The molecule has 1 spiro atoms. The average molecular weight is 285 g/mol. The third-order valence-electron chi connectivity index (χ3n) is 3.16. The van der Waals surface area contributed by atoms with E-state index >= 15 is 0 Å². The molecule has 0 unspecified atom stereocenters. The average Bonchev–Trinajstić information content (AvgIpc) is 2.58. The van der Waals surface area contributed by atoms with E-state index in [1.54, 1.807) is 0 Å². The number of hydrogen-bond acceptors (Lipinski definition) is 2. The Morgan fingerprint density at radius 3 is 3.13 bits per heavy atom. The zero-order valence-corrected chi connectivity index (χ0v) is 10.9. The van der Waals surface area contributed by atoms with E-state index in [2.05, 4.69) is 34.1 Å². The lowest BCUT2D eigenvalue weighted by Crippen LogP contribution is -2.28. The Kier molecular flexibility index (Phi) is 2.57. The molecule has 1 fully saturated rings. The summed E-state index contributed by atoms with van der Waals surface area (Å²) < 4.78 is 7.22. The van der Waals surface area contributed by atoms with Crippen LogP contribution in [0.4, 0.5) is 0 Å². The lowest BCUT2D eigenvalue weighted by atomic mass is 10.1. The normalized spacial score (nSPS) is 29.4. The molecule has 3 heteroatoms. The molecule has 80 valence electrons. The van der Waals surface area contributed by atoms with Crippen LogP contribution < -0.4 is 0 Å². The highest BCUT2D eigenvalue weighted by molar-refractivity contribution is 9.10. The molecule has 2 aliphatic rings. The van der Waals surface area contributed by atoms with Gasteiger partial charge in [0.05, 0.1) is 0 Å². The minimum atomic E-state index is -0.00567. The van der Waals surface area contributed by atoms with E-state index in [0.29, 0.717) is 0 Å². The molecular weight excluding hydrogens is 272 g/mol. The summed E-state index contributed by atoms with van der Waals surface area (Å²) in [5.41, 5.74) is 2.87. The van der Waals surface area contributed by atoms with E-state index < -0.39 is 0 Å². The van der Waals surface area contributed by atoms with Gasteiger partial charge in [0, 0.05) is 11.1 Å². The summed E-state index contributed by atoms with van der Waals surface area (Å²) >= 11 is 5.51. The van der Waals surface area contributed by atoms with Crippen LogP contribution in [0.15, 0.2) is 22.7 Å². The maximum absolute atomic E-state index is 6.04. The lowest BCUT2D eigenvalue weighted by Gasteiger charge is -2.33. The van der Waals surface area contributed by atoms with Crippen molar-refractivity contribution in [1.82, 2.24) is 0 Å². The largest absolute Gasteiger partial charge is 0.360 e. The van der Waals surface area contributed by atoms with Crippen molar-refractivity contribution in [3.05, 3.63) is 33.8 Å². The van der Waals surface area contributed by atoms with Crippen LogP contribution in [-0.4, -0.2) is 12.4 Å². The van der Waals surface area contributed by atoms with Crippen LogP contribution in [0.1, 0.15) is 24.0 Å². The van der Waals surface area contributed by atoms with Crippen LogP contribution in [0.25, 0.3) is 0 Å². The van der Waals surface area contributed by atoms with E-state index in [1.165, 1.54) is 27.8 Å². The Morgan fingerprint density at radius 1 is 1.40 bits per heavy atom. The van der Waals surface area contributed by atoms with Gasteiger partial charge < -0.3 is 4.74 Å². The van der Waals surface area contributed by atoms with Gasteiger partial charge in [-0.25, -0.2) is 0 Å². The standard InChI is InChI=1S/C12H13BrOS/c13-10-2-3-11-9(8-10)4-5-12(11)14-6-1-7-15-12/h2-3,8H,1,4-7H2/t12-/m1/s1. The van der Waals surface area contributed by atoms with Gasteiger partial charge in [-0.05, 0) is 48.3 Å². The molecule has 1 heterocycles. The Hall–Kier alpha value is 0.01000. The van der Waals surface area contributed by atoms with Gasteiger partial charge in [-0.3, -0.25) is 0 Å². The number of aryl methyl sites for hydroxylation is 1. The summed E-state index contributed by atoms with van der Waals surface area (Å²) in [5, 5.41) is 0. The van der Waals surface area contributed by atoms with Crippen molar-refractivity contribution in [2.45, 2.75) is 24.2 Å². The van der Waals surface area contributed by atoms with Gasteiger partial charge in [0.1, 0.15) is 4.93 Å². The number of fused-ring (bicyclic) bond motifs is 2. The Labute approximate surface area is 103 Å². The number of ether oxygens (including phenoxy) is 1. The van der Waals surface area contributed by atoms with Crippen molar-refractivity contribution in [1.29, 1.82) is 0 Å². The highest BCUT2D eigenvalue weighted by Gasteiger charge is 2.41. The van der Waals surface area contributed by atoms with Crippen molar-refractivity contribution < 1.29 is 4.74 Å². The third-order valence-corrected chi connectivity index (χ3v) is 5.15. The molecule has 0 radical (unpaired) electrons. The van der Waals surface area contributed by atoms with E-state index in [9.17, 15) is 0 Å². The highest BCUT2D eigenvalue weighted by Crippen LogP contribution is 2.50. The lowest BCUT2D eigenvalue weighted by molar-refractivity contribution is 0.0178. The molecule has 1 saturated heterocycles. The Bertz CT molecular complexity index is 385. The molecule has 0 N–H and O–H groups in total. The third kappa shape index (κ3) is 1.65. The smallest absolute Gasteiger partial charge is 0.139 e. The zero-order chi connectivity index (χ0) is 10.3. The summed E-state index contributed by atoms with van der Waals surface area (Å²) in [7, 11) is 0. The second-order valence-corrected chi connectivity index (χ2v) is 6.38. The number of halogens is 1. The Balaban J connectivity index is 2.03. The molecule has 1 aliphatic heterocycles. The van der Waals surface area contributed by atoms with Gasteiger partial charge >= 0.3 is 0 Å². The molecule has 1 aliphatic carbocycles. The maximum Gasteiger partial charge on any atom is 0.139 e. The first kappa shape index (κ1) is 10.2. The van der Waals surface area contributed by atoms with Crippen molar-refractivity contribution in [3.63, 3.8) is 0 Å². The topological polar surface area (TPSA) is 9.23 Å². The van der Waals surface area contributed by atoms with Crippen LogP contribution >= 0.6 is 27.7 Å². The summed E-state index contributed by atoms with van der Waals surface area (Å²) in [4.78, 5) is -0.00567. The van der Waals surface area contributed by atoms with Gasteiger partial charge in [-0.2, -0.15) is 0 Å². The molecule has 3 rings (SSSR count). The first-order valence-corrected chi connectivity index (χ1v) is 7.15. The number of benzene rings is 1. The molecule has 1 atom stereocenters.